The molecule has 1 aliphatic heterocycles. The Kier molecular flexibility index (Phi) is 3.87. The second-order valence-corrected chi connectivity index (χ2v) is 5.73. The van der Waals surface area contributed by atoms with Gasteiger partial charge >= 0.3 is 0 Å². The Morgan fingerprint density at radius 1 is 1.19 bits per heavy atom. The summed E-state index contributed by atoms with van der Waals surface area (Å²) >= 11 is 11.7. The molecule has 0 spiro atoms. The summed E-state index contributed by atoms with van der Waals surface area (Å²) < 4.78 is 13.6. The van der Waals surface area contributed by atoms with Crippen LogP contribution in [0.3, 0.4) is 0 Å². The van der Waals surface area contributed by atoms with Gasteiger partial charge in [0.25, 0.3) is 5.91 Å². The number of aromatic nitrogens is 2. The van der Waals surface area contributed by atoms with Gasteiger partial charge in [0.1, 0.15) is 11.5 Å². The quantitative estimate of drug-likeness (QED) is 0.854. The standard InChI is InChI=1S/C14H12Cl2FN3O/c15-9-6-10(16)11(17)5-8(9)12-7-13(19-18-12)14(21)20-3-1-2-4-20/h5-7H,1-4H2,(H,18,19). The molecule has 4 nitrogen and oxygen atoms in total. The summed E-state index contributed by atoms with van der Waals surface area (Å²) in [6, 6.07) is 4.12. The minimum Gasteiger partial charge on any atom is -0.337 e. The van der Waals surface area contributed by atoms with E-state index >= 15 is 0 Å². The van der Waals surface area contributed by atoms with Gasteiger partial charge in [0.15, 0.2) is 0 Å². The fraction of sp³-hybridized carbons (Fsp3) is 0.286. The third-order valence-electron chi connectivity index (χ3n) is 3.49. The number of nitrogens with one attached hydrogen (secondary N) is 1. The van der Waals surface area contributed by atoms with E-state index in [1.54, 1.807) is 11.0 Å². The molecule has 1 saturated heterocycles. The zero-order valence-electron chi connectivity index (χ0n) is 11.0. The number of carbonyl (C=O) groups is 1. The molecule has 1 N–H and O–H groups in total. The van der Waals surface area contributed by atoms with Crippen molar-refractivity contribution >= 4 is 29.1 Å². The van der Waals surface area contributed by atoms with Gasteiger partial charge in [-0.3, -0.25) is 9.89 Å². The minimum absolute atomic E-state index is 0.0485. The van der Waals surface area contributed by atoms with Crippen molar-refractivity contribution in [3.05, 3.63) is 39.8 Å². The summed E-state index contributed by atoms with van der Waals surface area (Å²) in [4.78, 5) is 14.0. The zero-order chi connectivity index (χ0) is 15.0. The lowest BCUT2D eigenvalue weighted by atomic mass is 10.1. The van der Waals surface area contributed by atoms with Crippen LogP contribution < -0.4 is 0 Å². The Bertz CT molecular complexity index is 696. The monoisotopic (exact) mass is 327 g/mol. The number of amides is 1. The van der Waals surface area contributed by atoms with Crippen molar-refractivity contribution in [3.8, 4) is 11.3 Å². The first kappa shape index (κ1) is 14.4. The van der Waals surface area contributed by atoms with Gasteiger partial charge in [0.05, 0.1) is 15.7 Å². The normalized spacial score (nSPS) is 14.7. The lowest BCUT2D eigenvalue weighted by Gasteiger charge is -2.12. The number of hydrogen-bond acceptors (Lipinski definition) is 2. The summed E-state index contributed by atoms with van der Waals surface area (Å²) in [7, 11) is 0. The highest BCUT2D eigenvalue weighted by atomic mass is 35.5. The van der Waals surface area contributed by atoms with Gasteiger partial charge in [-0.1, -0.05) is 23.2 Å². The van der Waals surface area contributed by atoms with E-state index in [2.05, 4.69) is 10.2 Å². The van der Waals surface area contributed by atoms with E-state index in [1.165, 1.54) is 12.1 Å². The number of carbonyl (C=O) groups excluding carboxylic acids is 1. The van der Waals surface area contributed by atoms with Crippen molar-refractivity contribution in [2.45, 2.75) is 12.8 Å². The van der Waals surface area contributed by atoms with Crippen molar-refractivity contribution in [1.29, 1.82) is 0 Å². The summed E-state index contributed by atoms with van der Waals surface area (Å²) in [6.45, 7) is 1.51. The molecule has 0 atom stereocenters. The molecule has 1 fully saturated rings. The highest BCUT2D eigenvalue weighted by Gasteiger charge is 2.22. The van der Waals surface area contributed by atoms with Crippen molar-refractivity contribution < 1.29 is 9.18 Å². The summed E-state index contributed by atoms with van der Waals surface area (Å²) in [5.41, 5.74) is 1.19. The van der Waals surface area contributed by atoms with Crippen LogP contribution in [-0.2, 0) is 0 Å². The van der Waals surface area contributed by atoms with Crippen LogP contribution >= 0.6 is 23.2 Å². The smallest absolute Gasteiger partial charge is 0.271 e. The van der Waals surface area contributed by atoms with Crippen molar-refractivity contribution in [2.24, 2.45) is 0 Å². The van der Waals surface area contributed by atoms with E-state index in [4.69, 9.17) is 23.2 Å². The predicted molar refractivity (Wildman–Crippen MR) is 79.1 cm³/mol. The molecule has 1 aromatic heterocycles. The highest BCUT2D eigenvalue weighted by Crippen LogP contribution is 2.31. The second-order valence-electron chi connectivity index (χ2n) is 4.91. The Morgan fingerprint density at radius 3 is 2.62 bits per heavy atom. The van der Waals surface area contributed by atoms with Crippen molar-refractivity contribution in [1.82, 2.24) is 15.1 Å². The van der Waals surface area contributed by atoms with Crippen LogP contribution in [0.5, 0.6) is 0 Å². The van der Waals surface area contributed by atoms with E-state index in [-0.39, 0.29) is 16.0 Å². The molecule has 0 bridgehead atoms. The Balaban J connectivity index is 1.91. The maximum Gasteiger partial charge on any atom is 0.271 e. The van der Waals surface area contributed by atoms with Crippen LogP contribution in [0.25, 0.3) is 11.3 Å². The number of likely N-dealkylation sites (tertiary alicyclic amines) is 1. The minimum atomic E-state index is -0.577. The molecule has 0 aliphatic carbocycles. The first-order valence-corrected chi connectivity index (χ1v) is 7.31. The number of hydrogen-bond donors (Lipinski definition) is 1. The van der Waals surface area contributed by atoms with Gasteiger partial charge in [-0.05, 0) is 31.0 Å². The van der Waals surface area contributed by atoms with E-state index in [1.807, 2.05) is 0 Å². The highest BCUT2D eigenvalue weighted by molar-refractivity contribution is 6.36. The molecule has 21 heavy (non-hydrogen) atoms. The van der Waals surface area contributed by atoms with Crippen LogP contribution in [0.15, 0.2) is 18.2 Å². The molecule has 1 aliphatic rings. The van der Waals surface area contributed by atoms with Gasteiger partial charge in [-0.25, -0.2) is 4.39 Å². The van der Waals surface area contributed by atoms with Gasteiger partial charge in [-0.15, -0.1) is 0 Å². The molecule has 2 aromatic rings. The summed E-state index contributed by atoms with van der Waals surface area (Å²) in [6.07, 6.45) is 2.03. The fourth-order valence-electron chi connectivity index (χ4n) is 2.38. The lowest BCUT2D eigenvalue weighted by molar-refractivity contribution is 0.0787. The predicted octanol–water partition coefficient (Wildman–Crippen LogP) is 3.76. The number of rotatable bonds is 2. The van der Waals surface area contributed by atoms with Crippen LogP contribution in [0.4, 0.5) is 4.39 Å². The van der Waals surface area contributed by atoms with Gasteiger partial charge in [0.2, 0.25) is 0 Å². The molecule has 0 unspecified atom stereocenters. The number of nitrogens with zero attached hydrogens (tertiary/aromatic N) is 2. The lowest BCUT2D eigenvalue weighted by Crippen LogP contribution is -2.27. The largest absolute Gasteiger partial charge is 0.337 e. The summed E-state index contributed by atoms with van der Waals surface area (Å²) in [5, 5.41) is 6.97. The molecule has 1 aromatic carbocycles. The number of halogens is 3. The van der Waals surface area contributed by atoms with Crippen LogP contribution in [-0.4, -0.2) is 34.1 Å². The maximum absolute atomic E-state index is 13.6. The molecule has 110 valence electrons. The Morgan fingerprint density at radius 2 is 1.90 bits per heavy atom. The van der Waals surface area contributed by atoms with Crippen LogP contribution in [0, 0.1) is 5.82 Å². The maximum atomic E-state index is 13.6. The van der Waals surface area contributed by atoms with Crippen LogP contribution in [0.1, 0.15) is 23.3 Å². The number of aromatic amines is 1. The third kappa shape index (κ3) is 2.76. The molecule has 2 heterocycles. The van der Waals surface area contributed by atoms with Crippen LogP contribution in [0.2, 0.25) is 10.0 Å². The van der Waals surface area contributed by atoms with Crippen molar-refractivity contribution in [2.75, 3.05) is 13.1 Å². The van der Waals surface area contributed by atoms with Gasteiger partial charge in [-0.2, -0.15) is 5.10 Å². The fourth-order valence-corrected chi connectivity index (χ4v) is 2.86. The van der Waals surface area contributed by atoms with Gasteiger partial charge < -0.3 is 4.90 Å². The number of benzene rings is 1. The van der Waals surface area contributed by atoms with Gasteiger partial charge in [0, 0.05) is 18.7 Å². The van der Waals surface area contributed by atoms with E-state index < -0.39 is 5.82 Å². The second kappa shape index (κ2) is 5.66. The Hall–Kier alpha value is -1.59. The molecular weight excluding hydrogens is 316 g/mol. The molecule has 3 rings (SSSR count). The first-order chi connectivity index (χ1) is 10.1. The first-order valence-electron chi connectivity index (χ1n) is 6.56. The number of H-pyrrole nitrogens is 1. The molecule has 0 radical (unpaired) electrons. The van der Waals surface area contributed by atoms with E-state index in [9.17, 15) is 9.18 Å². The van der Waals surface area contributed by atoms with Crippen molar-refractivity contribution in [3.63, 3.8) is 0 Å². The Labute approximate surface area is 130 Å². The molecule has 1 amide bonds. The molecule has 7 heteroatoms. The molecular formula is C14H12Cl2FN3O. The average molecular weight is 328 g/mol. The average Bonchev–Trinajstić information content (AvgIpc) is 3.13. The van der Waals surface area contributed by atoms with E-state index in [0.717, 1.165) is 25.9 Å². The summed E-state index contributed by atoms with van der Waals surface area (Å²) in [5.74, 6) is -0.678. The molecule has 0 saturated carbocycles. The zero-order valence-corrected chi connectivity index (χ0v) is 12.5. The third-order valence-corrected chi connectivity index (χ3v) is 4.09. The SMILES string of the molecule is O=C(c1cc(-c2cc(F)c(Cl)cc2Cl)n[nH]1)N1CCCC1. The topological polar surface area (TPSA) is 49.0 Å². The van der Waals surface area contributed by atoms with E-state index in [0.29, 0.717) is 17.0 Å².